The Bertz CT molecular complexity index is 1160. The van der Waals surface area contributed by atoms with Crippen molar-refractivity contribution in [3.8, 4) is 5.75 Å². The van der Waals surface area contributed by atoms with Crippen molar-refractivity contribution in [1.29, 1.82) is 0 Å². The summed E-state index contributed by atoms with van der Waals surface area (Å²) in [7, 11) is 0.147. The Kier molecular flexibility index (Phi) is 7.30. The fraction of sp³-hybridized carbons (Fsp3) is 0.267. The van der Waals surface area contributed by atoms with Crippen LogP contribution in [0.4, 0.5) is 0 Å². The van der Waals surface area contributed by atoms with Crippen LogP contribution in [0.5, 0.6) is 5.75 Å². The van der Waals surface area contributed by atoms with Gasteiger partial charge in [-0.25, -0.2) is 0 Å². The number of benzene rings is 4. The van der Waals surface area contributed by atoms with E-state index in [9.17, 15) is 0 Å². The molecule has 3 heteroatoms. The van der Waals surface area contributed by atoms with Gasteiger partial charge >= 0.3 is 0 Å². The molecule has 0 saturated carbocycles. The number of hydrogen-bond donors (Lipinski definition) is 0. The highest BCUT2D eigenvalue weighted by Crippen LogP contribution is 2.37. The third-order valence-electron chi connectivity index (χ3n) is 6.28. The Balaban J connectivity index is 1.27. The van der Waals surface area contributed by atoms with E-state index >= 15 is 0 Å². The third kappa shape index (κ3) is 5.61. The van der Waals surface area contributed by atoms with Crippen LogP contribution in [0.3, 0.4) is 0 Å². The molecular weight excluding hydrogens is 424 g/mol. The predicted molar refractivity (Wildman–Crippen MR) is 139 cm³/mol. The van der Waals surface area contributed by atoms with Crippen molar-refractivity contribution in [2.45, 2.75) is 30.3 Å². The standard InChI is InChI=1S/C30H31O2S/c1-3-9-24(10-4-1)17-20-31-27-19-22-33(23-27)30-28-14-8-7-13-26(28)15-16-29(30)32-21-18-25-11-5-2-6-12-25/h1-16,27H,17-23H2/q+1. The van der Waals surface area contributed by atoms with Gasteiger partial charge in [-0.2, -0.15) is 0 Å². The first-order chi connectivity index (χ1) is 16.4. The van der Waals surface area contributed by atoms with Gasteiger partial charge in [-0.15, -0.1) is 0 Å². The van der Waals surface area contributed by atoms with Gasteiger partial charge in [0.15, 0.2) is 5.75 Å². The summed E-state index contributed by atoms with van der Waals surface area (Å²) in [5.74, 6) is 3.33. The summed E-state index contributed by atoms with van der Waals surface area (Å²) in [4.78, 5) is 1.40. The van der Waals surface area contributed by atoms with E-state index in [0.717, 1.165) is 37.4 Å². The number of fused-ring (bicyclic) bond motifs is 1. The largest absolute Gasteiger partial charge is 0.488 e. The van der Waals surface area contributed by atoms with Crippen molar-refractivity contribution < 1.29 is 9.47 Å². The van der Waals surface area contributed by atoms with Crippen molar-refractivity contribution >= 4 is 21.7 Å². The smallest absolute Gasteiger partial charge is 0.204 e. The summed E-state index contributed by atoms with van der Waals surface area (Å²) in [6.07, 6.45) is 3.37. The molecule has 0 bridgehead atoms. The molecule has 0 radical (unpaired) electrons. The Morgan fingerprint density at radius 2 is 1.36 bits per heavy atom. The quantitative estimate of drug-likeness (QED) is 0.269. The first-order valence-electron chi connectivity index (χ1n) is 11.9. The zero-order valence-electron chi connectivity index (χ0n) is 19.0. The lowest BCUT2D eigenvalue weighted by molar-refractivity contribution is 0.0736. The molecule has 168 valence electrons. The monoisotopic (exact) mass is 455 g/mol. The number of ether oxygens (including phenoxy) is 2. The van der Waals surface area contributed by atoms with Crippen LogP contribution in [0.25, 0.3) is 10.8 Å². The molecule has 5 rings (SSSR count). The molecule has 0 N–H and O–H groups in total. The van der Waals surface area contributed by atoms with E-state index in [1.807, 2.05) is 0 Å². The minimum atomic E-state index is 0.147. The lowest BCUT2D eigenvalue weighted by Crippen LogP contribution is -2.17. The van der Waals surface area contributed by atoms with Crippen LogP contribution >= 0.6 is 0 Å². The molecule has 4 aromatic rings. The van der Waals surface area contributed by atoms with Crippen LogP contribution in [0.15, 0.2) is 102 Å². The molecule has 4 aromatic carbocycles. The molecule has 0 amide bonds. The third-order valence-corrected chi connectivity index (χ3v) is 8.78. The van der Waals surface area contributed by atoms with Gasteiger partial charge < -0.3 is 9.47 Å². The zero-order valence-corrected chi connectivity index (χ0v) is 19.8. The van der Waals surface area contributed by atoms with Gasteiger partial charge in [0.05, 0.1) is 13.2 Å². The molecule has 0 spiro atoms. The SMILES string of the molecule is c1ccc(CCOc2ccc3ccccc3c2[S+]2CCC(OCCc3ccccc3)C2)cc1. The average Bonchev–Trinajstić information content (AvgIpc) is 3.33. The Hall–Kier alpha value is -2.75. The van der Waals surface area contributed by atoms with Crippen LogP contribution in [0, 0.1) is 0 Å². The Labute approximate surface area is 199 Å². The Morgan fingerprint density at radius 3 is 2.12 bits per heavy atom. The molecule has 1 aliphatic heterocycles. The molecule has 1 fully saturated rings. The summed E-state index contributed by atoms with van der Waals surface area (Å²) in [5.41, 5.74) is 2.66. The van der Waals surface area contributed by atoms with Gasteiger partial charge in [-0.3, -0.25) is 0 Å². The van der Waals surface area contributed by atoms with E-state index in [0.29, 0.717) is 12.7 Å². The van der Waals surface area contributed by atoms with Gasteiger partial charge in [-0.1, -0.05) is 84.9 Å². The fourth-order valence-electron chi connectivity index (χ4n) is 4.53. The highest BCUT2D eigenvalue weighted by Gasteiger charge is 2.38. The van der Waals surface area contributed by atoms with Gasteiger partial charge in [0.2, 0.25) is 4.90 Å². The van der Waals surface area contributed by atoms with Crippen molar-refractivity contribution in [3.63, 3.8) is 0 Å². The molecule has 2 atom stereocenters. The zero-order chi connectivity index (χ0) is 22.3. The molecular formula is C30H31O2S+. The molecule has 0 aromatic heterocycles. The highest BCUT2D eigenvalue weighted by atomic mass is 32.2. The van der Waals surface area contributed by atoms with Crippen LogP contribution in [0.1, 0.15) is 17.5 Å². The van der Waals surface area contributed by atoms with E-state index in [1.165, 1.54) is 32.5 Å². The second kappa shape index (κ2) is 10.9. The average molecular weight is 456 g/mol. The number of hydrogen-bond acceptors (Lipinski definition) is 2. The van der Waals surface area contributed by atoms with Crippen LogP contribution in [-0.4, -0.2) is 30.8 Å². The fourth-order valence-corrected chi connectivity index (χ4v) is 7.23. The van der Waals surface area contributed by atoms with E-state index in [1.54, 1.807) is 0 Å². The van der Waals surface area contributed by atoms with E-state index in [2.05, 4.69) is 97.1 Å². The van der Waals surface area contributed by atoms with Gasteiger partial charge in [-0.05, 0) is 35.1 Å². The van der Waals surface area contributed by atoms with Gasteiger partial charge in [0, 0.05) is 29.1 Å². The summed E-state index contributed by atoms with van der Waals surface area (Å²) in [6.45, 7) is 1.49. The van der Waals surface area contributed by atoms with E-state index < -0.39 is 0 Å². The maximum absolute atomic E-state index is 6.40. The maximum atomic E-state index is 6.40. The second-order valence-electron chi connectivity index (χ2n) is 8.58. The Morgan fingerprint density at radius 1 is 0.697 bits per heavy atom. The van der Waals surface area contributed by atoms with Crippen LogP contribution in [-0.2, 0) is 28.5 Å². The summed E-state index contributed by atoms with van der Waals surface area (Å²) in [5, 5.41) is 2.63. The minimum Gasteiger partial charge on any atom is -0.488 e. The molecule has 2 unspecified atom stereocenters. The van der Waals surface area contributed by atoms with Crippen LogP contribution in [0.2, 0.25) is 0 Å². The summed E-state index contributed by atoms with van der Waals surface area (Å²) < 4.78 is 12.7. The van der Waals surface area contributed by atoms with Crippen molar-refractivity contribution in [1.82, 2.24) is 0 Å². The topological polar surface area (TPSA) is 18.5 Å². The van der Waals surface area contributed by atoms with E-state index in [4.69, 9.17) is 9.47 Å². The van der Waals surface area contributed by atoms with Gasteiger partial charge in [0.1, 0.15) is 17.6 Å². The molecule has 2 nitrogen and oxygen atoms in total. The second-order valence-corrected chi connectivity index (χ2v) is 10.7. The summed E-state index contributed by atoms with van der Waals surface area (Å²) >= 11 is 0. The molecule has 33 heavy (non-hydrogen) atoms. The first-order valence-corrected chi connectivity index (χ1v) is 13.4. The predicted octanol–water partition coefficient (Wildman–Crippen LogP) is 6.47. The molecule has 1 heterocycles. The number of rotatable bonds is 9. The normalized spacial score (nSPS) is 17.9. The maximum Gasteiger partial charge on any atom is 0.204 e. The van der Waals surface area contributed by atoms with Crippen molar-refractivity contribution in [2.24, 2.45) is 0 Å². The van der Waals surface area contributed by atoms with Crippen molar-refractivity contribution in [3.05, 3.63) is 108 Å². The van der Waals surface area contributed by atoms with Crippen molar-refractivity contribution in [2.75, 3.05) is 24.7 Å². The lowest BCUT2D eigenvalue weighted by atomic mass is 10.1. The lowest BCUT2D eigenvalue weighted by Gasteiger charge is -2.13. The molecule has 0 aliphatic carbocycles. The highest BCUT2D eigenvalue weighted by molar-refractivity contribution is 7.97. The minimum absolute atomic E-state index is 0.147. The molecule has 1 saturated heterocycles. The summed E-state index contributed by atoms with van der Waals surface area (Å²) in [6, 6.07) is 34.3. The van der Waals surface area contributed by atoms with E-state index in [-0.39, 0.29) is 10.9 Å². The van der Waals surface area contributed by atoms with Crippen LogP contribution < -0.4 is 4.74 Å². The van der Waals surface area contributed by atoms with Gasteiger partial charge in [0.25, 0.3) is 0 Å². The molecule has 1 aliphatic rings. The first kappa shape index (κ1) is 22.1.